The fourth-order valence-electron chi connectivity index (χ4n) is 1.39. The lowest BCUT2D eigenvalue weighted by Crippen LogP contribution is -2.46. The van der Waals surface area contributed by atoms with Crippen LogP contribution in [0.3, 0.4) is 0 Å². The number of carboxylic acids is 1. The standard InChI is InChI=1S/C11H13Cl2NO5S/c1-11(2,5-15)14-20(18,19)7-4-3-6(12)8(9(7)13)10(16)17/h3-4,14-15H,5H2,1-2H3,(H,16,17). The van der Waals surface area contributed by atoms with Gasteiger partial charge in [-0.1, -0.05) is 23.2 Å². The molecule has 0 saturated carbocycles. The van der Waals surface area contributed by atoms with Crippen molar-refractivity contribution in [3.63, 3.8) is 0 Å². The normalized spacial score (nSPS) is 12.4. The monoisotopic (exact) mass is 341 g/mol. The molecule has 0 aliphatic heterocycles. The van der Waals surface area contributed by atoms with E-state index in [1.807, 2.05) is 0 Å². The molecule has 0 aromatic heterocycles. The summed E-state index contributed by atoms with van der Waals surface area (Å²) >= 11 is 11.5. The molecule has 0 saturated heterocycles. The van der Waals surface area contributed by atoms with Gasteiger partial charge in [-0.15, -0.1) is 0 Å². The number of aliphatic hydroxyl groups excluding tert-OH is 1. The van der Waals surface area contributed by atoms with E-state index >= 15 is 0 Å². The molecule has 0 bridgehead atoms. The number of hydrogen-bond acceptors (Lipinski definition) is 4. The van der Waals surface area contributed by atoms with Gasteiger partial charge in [0.05, 0.1) is 27.8 Å². The molecule has 0 atom stereocenters. The second-order valence-corrected chi connectivity index (χ2v) is 7.12. The molecule has 1 aromatic carbocycles. The lowest BCUT2D eigenvalue weighted by molar-refractivity contribution is 0.0697. The summed E-state index contributed by atoms with van der Waals surface area (Å²) < 4.78 is 26.6. The molecule has 1 aromatic rings. The topological polar surface area (TPSA) is 104 Å². The van der Waals surface area contributed by atoms with Gasteiger partial charge in [0, 0.05) is 0 Å². The third-order valence-corrected chi connectivity index (χ3v) is 4.93. The van der Waals surface area contributed by atoms with E-state index in [1.54, 1.807) is 0 Å². The van der Waals surface area contributed by atoms with Gasteiger partial charge in [0.15, 0.2) is 0 Å². The lowest BCUT2D eigenvalue weighted by atomic mass is 10.1. The highest BCUT2D eigenvalue weighted by molar-refractivity contribution is 7.89. The fourth-order valence-corrected chi connectivity index (χ4v) is 3.71. The minimum atomic E-state index is -4.10. The van der Waals surface area contributed by atoms with E-state index in [1.165, 1.54) is 13.8 Å². The Labute approximate surface area is 126 Å². The number of nitrogens with one attached hydrogen (secondary N) is 1. The van der Waals surface area contributed by atoms with Gasteiger partial charge in [-0.2, -0.15) is 0 Å². The van der Waals surface area contributed by atoms with E-state index < -0.39 is 43.6 Å². The number of aromatic carboxylic acids is 1. The first kappa shape index (κ1) is 17.2. The number of carbonyl (C=O) groups is 1. The van der Waals surface area contributed by atoms with Crippen LogP contribution in [0, 0.1) is 0 Å². The number of halogens is 2. The quantitative estimate of drug-likeness (QED) is 0.756. The molecule has 0 amide bonds. The zero-order valence-corrected chi connectivity index (χ0v) is 13.0. The van der Waals surface area contributed by atoms with E-state index in [0.717, 1.165) is 12.1 Å². The highest BCUT2D eigenvalue weighted by atomic mass is 35.5. The number of rotatable bonds is 5. The van der Waals surface area contributed by atoms with Crippen molar-refractivity contribution < 1.29 is 23.4 Å². The van der Waals surface area contributed by atoms with Crippen LogP contribution in [-0.4, -0.2) is 36.7 Å². The van der Waals surface area contributed by atoms with Crippen molar-refractivity contribution in [3.05, 3.63) is 27.7 Å². The minimum Gasteiger partial charge on any atom is -0.478 e. The Morgan fingerprint density at radius 3 is 2.35 bits per heavy atom. The molecule has 1 rings (SSSR count). The summed E-state index contributed by atoms with van der Waals surface area (Å²) in [4.78, 5) is 10.6. The summed E-state index contributed by atoms with van der Waals surface area (Å²) in [7, 11) is -4.10. The van der Waals surface area contributed by atoms with Gasteiger partial charge < -0.3 is 10.2 Å². The largest absolute Gasteiger partial charge is 0.478 e. The zero-order valence-electron chi connectivity index (χ0n) is 10.6. The molecule has 0 aliphatic rings. The molecule has 112 valence electrons. The van der Waals surface area contributed by atoms with Gasteiger partial charge in [0.1, 0.15) is 4.90 Å². The highest BCUT2D eigenvalue weighted by Crippen LogP contribution is 2.31. The number of hydrogen-bond donors (Lipinski definition) is 3. The van der Waals surface area contributed by atoms with Gasteiger partial charge in [-0.3, -0.25) is 0 Å². The average Bonchev–Trinajstić information content (AvgIpc) is 2.26. The van der Waals surface area contributed by atoms with Crippen LogP contribution in [0.1, 0.15) is 24.2 Å². The van der Waals surface area contributed by atoms with Crippen LogP contribution in [0.25, 0.3) is 0 Å². The number of sulfonamides is 1. The maximum absolute atomic E-state index is 12.2. The maximum Gasteiger partial charge on any atom is 0.338 e. The summed E-state index contributed by atoms with van der Waals surface area (Å²) in [6.45, 7) is 2.49. The molecular weight excluding hydrogens is 329 g/mol. The molecule has 0 unspecified atom stereocenters. The van der Waals surface area contributed by atoms with Crippen LogP contribution >= 0.6 is 23.2 Å². The molecule has 0 spiro atoms. The van der Waals surface area contributed by atoms with Gasteiger partial charge in [0.25, 0.3) is 0 Å². The maximum atomic E-state index is 12.2. The Morgan fingerprint density at radius 1 is 1.35 bits per heavy atom. The Balaban J connectivity index is 3.41. The van der Waals surface area contributed by atoms with Crippen molar-refractivity contribution in [2.45, 2.75) is 24.3 Å². The highest BCUT2D eigenvalue weighted by Gasteiger charge is 2.29. The van der Waals surface area contributed by atoms with Crippen LogP contribution < -0.4 is 4.72 Å². The summed E-state index contributed by atoms with van der Waals surface area (Å²) in [5.41, 5.74) is -1.61. The van der Waals surface area contributed by atoms with Crippen LogP contribution in [0.4, 0.5) is 0 Å². The van der Waals surface area contributed by atoms with Crippen LogP contribution in [0.15, 0.2) is 17.0 Å². The van der Waals surface area contributed by atoms with Crippen LogP contribution in [0.5, 0.6) is 0 Å². The number of benzene rings is 1. The van der Waals surface area contributed by atoms with E-state index in [0.29, 0.717) is 0 Å². The second kappa shape index (κ2) is 5.87. The summed E-state index contributed by atoms with van der Waals surface area (Å²) in [6, 6.07) is 2.24. The molecule has 3 N–H and O–H groups in total. The Morgan fingerprint density at radius 2 is 1.90 bits per heavy atom. The van der Waals surface area contributed by atoms with Gasteiger partial charge >= 0.3 is 5.97 Å². The predicted molar refractivity (Wildman–Crippen MR) is 74.9 cm³/mol. The second-order valence-electron chi connectivity index (χ2n) is 4.69. The van der Waals surface area contributed by atoms with Crippen molar-refractivity contribution >= 4 is 39.2 Å². The third kappa shape index (κ3) is 3.62. The average molecular weight is 342 g/mol. The van der Waals surface area contributed by atoms with Crippen LogP contribution in [0.2, 0.25) is 10.0 Å². The smallest absolute Gasteiger partial charge is 0.338 e. The molecule has 0 radical (unpaired) electrons. The number of carboxylic acid groups (broad SMARTS) is 1. The van der Waals surface area contributed by atoms with Crippen molar-refractivity contribution in [1.82, 2.24) is 4.72 Å². The van der Waals surface area contributed by atoms with E-state index in [4.69, 9.17) is 33.4 Å². The van der Waals surface area contributed by atoms with E-state index in [9.17, 15) is 13.2 Å². The van der Waals surface area contributed by atoms with Crippen molar-refractivity contribution in [2.24, 2.45) is 0 Å². The molecule has 0 fully saturated rings. The first-order valence-corrected chi connectivity index (χ1v) is 7.62. The first-order valence-electron chi connectivity index (χ1n) is 5.38. The van der Waals surface area contributed by atoms with Gasteiger partial charge in [-0.05, 0) is 26.0 Å². The molecular formula is C11H13Cl2NO5S. The molecule has 0 heterocycles. The zero-order chi connectivity index (χ0) is 15.7. The molecule has 6 nitrogen and oxygen atoms in total. The summed E-state index contributed by atoms with van der Waals surface area (Å²) in [5.74, 6) is -1.43. The Hall–Kier alpha value is -0.860. The lowest BCUT2D eigenvalue weighted by Gasteiger charge is -2.23. The van der Waals surface area contributed by atoms with Gasteiger partial charge in [-0.25, -0.2) is 17.9 Å². The van der Waals surface area contributed by atoms with Crippen molar-refractivity contribution in [1.29, 1.82) is 0 Å². The SMILES string of the molecule is CC(C)(CO)NS(=O)(=O)c1ccc(Cl)c(C(=O)O)c1Cl. The van der Waals surface area contributed by atoms with E-state index in [2.05, 4.69) is 4.72 Å². The van der Waals surface area contributed by atoms with Gasteiger partial charge in [0.2, 0.25) is 10.0 Å². The summed E-state index contributed by atoms with van der Waals surface area (Å²) in [6.07, 6.45) is 0. The molecule has 20 heavy (non-hydrogen) atoms. The molecule has 9 heteroatoms. The predicted octanol–water partition coefficient (Wildman–Crippen LogP) is 1.74. The van der Waals surface area contributed by atoms with Crippen molar-refractivity contribution in [3.8, 4) is 0 Å². The van der Waals surface area contributed by atoms with E-state index in [-0.39, 0.29) is 5.02 Å². The minimum absolute atomic E-state index is 0.164. The van der Waals surface area contributed by atoms with Crippen molar-refractivity contribution in [2.75, 3.05) is 6.61 Å². The Bertz CT molecular complexity index is 642. The number of aliphatic hydroxyl groups is 1. The summed E-state index contributed by atoms with van der Waals surface area (Å²) in [5, 5.41) is 17.4. The Kier molecular flexibility index (Phi) is 5.04. The third-order valence-electron chi connectivity index (χ3n) is 2.37. The first-order chi connectivity index (χ1) is 9.02. The van der Waals surface area contributed by atoms with Crippen LogP contribution in [-0.2, 0) is 10.0 Å². The molecule has 0 aliphatic carbocycles. The fraction of sp³-hybridized carbons (Fsp3) is 0.364.